The van der Waals surface area contributed by atoms with Crippen LogP contribution in [0, 0.1) is 5.82 Å². The Balaban J connectivity index is 1.41. The molecule has 1 saturated heterocycles. The van der Waals surface area contributed by atoms with Crippen LogP contribution in [0.5, 0.6) is 5.75 Å². The zero-order valence-corrected chi connectivity index (χ0v) is 16.2. The van der Waals surface area contributed by atoms with E-state index in [4.69, 9.17) is 9.47 Å². The van der Waals surface area contributed by atoms with E-state index < -0.39 is 5.60 Å². The fourth-order valence-electron chi connectivity index (χ4n) is 3.26. The van der Waals surface area contributed by atoms with Gasteiger partial charge in [0.15, 0.2) is 0 Å². The molecule has 1 aliphatic rings. The number of aromatic nitrogens is 1. The van der Waals surface area contributed by atoms with Crippen molar-refractivity contribution < 1.29 is 19.0 Å². The van der Waals surface area contributed by atoms with E-state index in [1.54, 1.807) is 6.07 Å². The number of β-amino-alcohol motifs (C(OH)–C–C–N with tert-alkyl or cyclic N) is 1. The highest BCUT2D eigenvalue weighted by molar-refractivity contribution is 5.40. The fourth-order valence-corrected chi connectivity index (χ4v) is 3.26. The Bertz CT molecular complexity index is 727. The Morgan fingerprint density at radius 3 is 2.75 bits per heavy atom. The molecule has 0 unspecified atom stereocenters. The summed E-state index contributed by atoms with van der Waals surface area (Å²) in [7, 11) is 0. The Kier molecular flexibility index (Phi) is 7.19. The van der Waals surface area contributed by atoms with Crippen LogP contribution in [0.25, 0.3) is 0 Å². The lowest BCUT2D eigenvalue weighted by atomic mass is 10.0. The summed E-state index contributed by atoms with van der Waals surface area (Å²) in [6, 6.07) is 10.9. The number of nitrogens with one attached hydrogen (secondary N) is 1. The number of hydrogen-bond acceptors (Lipinski definition) is 6. The van der Waals surface area contributed by atoms with Crippen molar-refractivity contribution in [2.24, 2.45) is 0 Å². The first kappa shape index (κ1) is 20.5. The number of halogens is 1. The average molecular weight is 389 g/mol. The fraction of sp³-hybridized carbons (Fsp3) is 0.476. The van der Waals surface area contributed by atoms with E-state index >= 15 is 0 Å². The highest BCUT2D eigenvalue weighted by Gasteiger charge is 2.36. The van der Waals surface area contributed by atoms with Crippen LogP contribution in [0.15, 0.2) is 42.6 Å². The monoisotopic (exact) mass is 389 g/mol. The van der Waals surface area contributed by atoms with E-state index in [1.165, 1.54) is 12.3 Å². The minimum atomic E-state index is -0.821. The summed E-state index contributed by atoms with van der Waals surface area (Å²) < 4.78 is 23.9. The van der Waals surface area contributed by atoms with Gasteiger partial charge in [0.2, 0.25) is 0 Å². The molecule has 2 heterocycles. The Labute approximate surface area is 165 Å². The summed E-state index contributed by atoms with van der Waals surface area (Å²) >= 11 is 0. The van der Waals surface area contributed by atoms with Gasteiger partial charge in [-0.2, -0.15) is 0 Å². The molecule has 0 spiro atoms. The first-order valence-electron chi connectivity index (χ1n) is 9.67. The summed E-state index contributed by atoms with van der Waals surface area (Å²) in [5.41, 5.74) is 0.300. The predicted octanol–water partition coefficient (Wildman–Crippen LogP) is 2.37. The summed E-state index contributed by atoms with van der Waals surface area (Å²) in [4.78, 5) is 6.07. The average Bonchev–Trinajstić information content (AvgIpc) is 3.09. The van der Waals surface area contributed by atoms with Crippen LogP contribution < -0.4 is 15.0 Å². The van der Waals surface area contributed by atoms with Crippen LogP contribution >= 0.6 is 0 Å². The van der Waals surface area contributed by atoms with E-state index in [1.807, 2.05) is 36.1 Å². The molecule has 0 radical (unpaired) electrons. The third kappa shape index (κ3) is 5.89. The molecule has 6 nitrogen and oxygen atoms in total. The van der Waals surface area contributed by atoms with Crippen LogP contribution in [-0.4, -0.2) is 55.1 Å². The number of nitrogens with zero attached hydrogens (tertiary/aromatic N) is 2. The van der Waals surface area contributed by atoms with Gasteiger partial charge in [-0.25, -0.2) is 9.37 Å². The summed E-state index contributed by atoms with van der Waals surface area (Å²) in [6.45, 7) is 6.10. The number of pyridine rings is 1. The molecule has 0 aliphatic carbocycles. The SMILES string of the molecule is CCOCCOc1ccc(CNC[C@]2(O)CCN(c3ccc(F)cn3)C2)cc1. The van der Waals surface area contributed by atoms with Crippen molar-refractivity contribution >= 4 is 5.82 Å². The second kappa shape index (κ2) is 9.82. The molecule has 0 saturated carbocycles. The molecule has 1 aliphatic heterocycles. The van der Waals surface area contributed by atoms with Gasteiger partial charge in [-0.3, -0.25) is 0 Å². The third-order valence-electron chi connectivity index (χ3n) is 4.78. The van der Waals surface area contributed by atoms with Gasteiger partial charge in [0, 0.05) is 32.8 Å². The molecule has 2 N–H and O–H groups in total. The summed E-state index contributed by atoms with van der Waals surface area (Å²) in [5, 5.41) is 14.1. The van der Waals surface area contributed by atoms with Gasteiger partial charge in [-0.05, 0) is 43.2 Å². The number of rotatable bonds is 10. The van der Waals surface area contributed by atoms with Gasteiger partial charge < -0.3 is 24.8 Å². The van der Waals surface area contributed by atoms with Crippen molar-refractivity contribution in [1.82, 2.24) is 10.3 Å². The van der Waals surface area contributed by atoms with Crippen molar-refractivity contribution in [2.75, 3.05) is 44.4 Å². The van der Waals surface area contributed by atoms with Crippen LogP contribution in [0.1, 0.15) is 18.9 Å². The molecular weight excluding hydrogens is 361 g/mol. The highest BCUT2D eigenvalue weighted by atomic mass is 19.1. The normalized spacial score (nSPS) is 19.2. The Morgan fingerprint density at radius 2 is 2.04 bits per heavy atom. The number of ether oxygens (including phenoxy) is 2. The molecule has 152 valence electrons. The summed E-state index contributed by atoms with van der Waals surface area (Å²) in [6.07, 6.45) is 1.85. The zero-order chi connectivity index (χ0) is 19.8. The third-order valence-corrected chi connectivity index (χ3v) is 4.78. The molecule has 1 aromatic heterocycles. The van der Waals surface area contributed by atoms with E-state index in [0.717, 1.165) is 11.3 Å². The summed E-state index contributed by atoms with van der Waals surface area (Å²) in [5.74, 6) is 1.16. The Morgan fingerprint density at radius 1 is 1.21 bits per heavy atom. The molecule has 7 heteroatoms. The Hall–Kier alpha value is -2.22. The molecule has 0 amide bonds. The topological polar surface area (TPSA) is 66.8 Å². The maximum atomic E-state index is 13.0. The van der Waals surface area contributed by atoms with E-state index in [-0.39, 0.29) is 5.82 Å². The standard InChI is InChI=1S/C21H28FN3O3/c1-2-27-11-12-28-19-6-3-17(4-7-19)13-23-15-21(26)9-10-25(16-21)20-8-5-18(22)14-24-20/h3-8,14,23,26H,2,9-13,15-16H2,1H3/t21-/m1/s1. The van der Waals surface area contributed by atoms with Crippen molar-refractivity contribution in [3.8, 4) is 5.75 Å². The second-order valence-corrected chi connectivity index (χ2v) is 7.02. The quantitative estimate of drug-likeness (QED) is 0.608. The van der Waals surface area contributed by atoms with Crippen molar-refractivity contribution in [1.29, 1.82) is 0 Å². The molecule has 1 fully saturated rings. The maximum absolute atomic E-state index is 13.0. The van der Waals surface area contributed by atoms with Crippen LogP contribution in [0.2, 0.25) is 0 Å². The highest BCUT2D eigenvalue weighted by Crippen LogP contribution is 2.25. The van der Waals surface area contributed by atoms with Gasteiger partial charge in [-0.15, -0.1) is 0 Å². The first-order valence-corrected chi connectivity index (χ1v) is 9.67. The van der Waals surface area contributed by atoms with Gasteiger partial charge in [0.25, 0.3) is 0 Å². The lowest BCUT2D eigenvalue weighted by Gasteiger charge is -2.24. The number of hydrogen-bond donors (Lipinski definition) is 2. The maximum Gasteiger partial charge on any atom is 0.141 e. The van der Waals surface area contributed by atoms with E-state index in [9.17, 15) is 9.50 Å². The zero-order valence-electron chi connectivity index (χ0n) is 16.2. The van der Waals surface area contributed by atoms with Crippen LogP contribution in [-0.2, 0) is 11.3 Å². The number of aliphatic hydroxyl groups is 1. The molecule has 0 bridgehead atoms. The molecule has 3 rings (SSSR count). The molecule has 1 aromatic carbocycles. The van der Waals surface area contributed by atoms with Crippen molar-refractivity contribution in [3.05, 3.63) is 54.0 Å². The van der Waals surface area contributed by atoms with Crippen LogP contribution in [0.4, 0.5) is 10.2 Å². The number of anilines is 1. The minimum Gasteiger partial charge on any atom is -0.491 e. The molecule has 1 atom stereocenters. The lowest BCUT2D eigenvalue weighted by molar-refractivity contribution is 0.0626. The molecule has 2 aromatic rings. The second-order valence-electron chi connectivity index (χ2n) is 7.02. The van der Waals surface area contributed by atoms with Crippen LogP contribution in [0.3, 0.4) is 0 Å². The molecular formula is C21H28FN3O3. The predicted molar refractivity (Wildman–Crippen MR) is 106 cm³/mol. The minimum absolute atomic E-state index is 0.356. The lowest BCUT2D eigenvalue weighted by Crippen LogP contribution is -2.43. The van der Waals surface area contributed by atoms with Crippen molar-refractivity contribution in [3.63, 3.8) is 0 Å². The largest absolute Gasteiger partial charge is 0.491 e. The smallest absolute Gasteiger partial charge is 0.141 e. The van der Waals surface area contributed by atoms with Crippen molar-refractivity contribution in [2.45, 2.75) is 25.5 Å². The van der Waals surface area contributed by atoms with Gasteiger partial charge >= 0.3 is 0 Å². The number of benzene rings is 1. The van der Waals surface area contributed by atoms with Gasteiger partial charge in [0.05, 0.1) is 18.4 Å². The van der Waals surface area contributed by atoms with Gasteiger partial charge in [0.1, 0.15) is 24.0 Å². The molecule has 28 heavy (non-hydrogen) atoms. The first-order chi connectivity index (χ1) is 13.6. The van der Waals surface area contributed by atoms with Gasteiger partial charge in [-0.1, -0.05) is 12.1 Å². The van der Waals surface area contributed by atoms with E-state index in [2.05, 4.69) is 10.3 Å². The van der Waals surface area contributed by atoms with E-state index in [0.29, 0.717) is 58.2 Å².